The molecule has 4 rings (SSSR count). The monoisotopic (exact) mass is 342 g/mol. The van der Waals surface area contributed by atoms with Gasteiger partial charge in [0.25, 0.3) is 0 Å². The Hall–Kier alpha value is -3.53. The van der Waals surface area contributed by atoms with Crippen molar-refractivity contribution in [1.82, 2.24) is 0 Å². The van der Waals surface area contributed by atoms with Gasteiger partial charge < -0.3 is 10.5 Å². The molecule has 4 aromatic carbocycles. The van der Waals surface area contributed by atoms with Crippen LogP contribution in [0.2, 0.25) is 0 Å². The van der Waals surface area contributed by atoms with E-state index >= 15 is 0 Å². The largest absolute Gasteiger partial charge is 0.495 e. The first-order valence-corrected chi connectivity index (χ1v) is 8.33. The van der Waals surface area contributed by atoms with Gasteiger partial charge in [-0.2, -0.15) is 0 Å². The van der Waals surface area contributed by atoms with Crippen molar-refractivity contribution in [3.63, 3.8) is 0 Å². The van der Waals surface area contributed by atoms with Gasteiger partial charge >= 0.3 is 6.03 Å². The van der Waals surface area contributed by atoms with E-state index in [1.54, 1.807) is 7.11 Å². The van der Waals surface area contributed by atoms with Crippen molar-refractivity contribution < 1.29 is 9.53 Å². The maximum Gasteiger partial charge on any atom is 0.324 e. The summed E-state index contributed by atoms with van der Waals surface area (Å²) < 4.78 is 5.57. The zero-order chi connectivity index (χ0) is 18.1. The second kappa shape index (κ2) is 6.41. The molecule has 4 aromatic rings. The van der Waals surface area contributed by atoms with Crippen LogP contribution in [0, 0.1) is 0 Å². The van der Waals surface area contributed by atoms with E-state index in [0.29, 0.717) is 11.4 Å². The molecular formula is C22H18N2O2. The molecule has 0 heterocycles. The molecule has 4 heteroatoms. The summed E-state index contributed by atoms with van der Waals surface area (Å²) in [4.78, 5) is 13.9. The maximum absolute atomic E-state index is 12.4. The van der Waals surface area contributed by atoms with E-state index in [2.05, 4.69) is 0 Å². The molecule has 0 bridgehead atoms. The first-order valence-electron chi connectivity index (χ1n) is 8.33. The number of methoxy groups -OCH3 is 1. The number of amides is 2. The minimum Gasteiger partial charge on any atom is -0.495 e. The molecule has 0 aromatic heterocycles. The van der Waals surface area contributed by atoms with Crippen LogP contribution in [-0.2, 0) is 0 Å². The molecule has 0 fully saturated rings. The van der Waals surface area contributed by atoms with Crippen LogP contribution in [0.1, 0.15) is 0 Å². The number of fused-ring (bicyclic) bond motifs is 2. The average Bonchev–Trinajstić information content (AvgIpc) is 2.67. The van der Waals surface area contributed by atoms with E-state index in [1.807, 2.05) is 78.9 Å². The Kier molecular flexibility index (Phi) is 3.93. The van der Waals surface area contributed by atoms with Crippen LogP contribution in [0.3, 0.4) is 0 Å². The highest BCUT2D eigenvalue weighted by atomic mass is 16.5. The molecule has 0 aliphatic carbocycles. The molecule has 0 saturated carbocycles. The predicted molar refractivity (Wildman–Crippen MR) is 106 cm³/mol. The number of urea groups is 1. The second-order valence-electron chi connectivity index (χ2n) is 6.04. The smallest absolute Gasteiger partial charge is 0.324 e. The van der Waals surface area contributed by atoms with E-state index in [-0.39, 0.29) is 0 Å². The molecule has 4 nitrogen and oxygen atoms in total. The molecule has 0 unspecified atom stereocenters. The number of nitrogens with zero attached hydrogens (tertiary/aromatic N) is 1. The highest BCUT2D eigenvalue weighted by Gasteiger charge is 2.21. The zero-order valence-corrected chi connectivity index (χ0v) is 14.3. The lowest BCUT2D eigenvalue weighted by Crippen LogP contribution is -2.31. The molecule has 0 radical (unpaired) electrons. The lowest BCUT2D eigenvalue weighted by atomic mass is 10.1. The lowest BCUT2D eigenvalue weighted by Gasteiger charge is -2.24. The van der Waals surface area contributed by atoms with Gasteiger partial charge in [0.15, 0.2) is 0 Å². The van der Waals surface area contributed by atoms with E-state index in [9.17, 15) is 4.79 Å². The van der Waals surface area contributed by atoms with Gasteiger partial charge in [-0.25, -0.2) is 4.79 Å². The molecule has 128 valence electrons. The molecule has 2 amide bonds. The summed E-state index contributed by atoms with van der Waals surface area (Å²) in [5.41, 5.74) is 7.14. The standard InChI is InChI=1S/C22H18N2O2/c1-26-21-14-17-9-3-2-8-16(17)13-20(21)24(22(23)25)19-12-6-10-15-7-4-5-11-18(15)19/h2-14H,1H3,(H2,23,25). The number of anilines is 2. The molecule has 0 aliphatic heterocycles. The fraction of sp³-hybridized carbons (Fsp3) is 0.0455. The Bertz CT molecular complexity index is 1120. The third-order valence-corrected chi connectivity index (χ3v) is 4.52. The van der Waals surface area contributed by atoms with Crippen LogP contribution >= 0.6 is 0 Å². The van der Waals surface area contributed by atoms with Crippen LogP contribution in [0.5, 0.6) is 5.75 Å². The normalized spacial score (nSPS) is 10.8. The van der Waals surface area contributed by atoms with Crippen molar-refractivity contribution in [1.29, 1.82) is 0 Å². The van der Waals surface area contributed by atoms with Gasteiger partial charge in [0, 0.05) is 5.39 Å². The minimum atomic E-state index is -0.560. The number of rotatable bonds is 3. The SMILES string of the molecule is COc1cc2ccccc2cc1N(C(N)=O)c1cccc2ccccc12. The lowest BCUT2D eigenvalue weighted by molar-refractivity contribution is 0.256. The van der Waals surface area contributed by atoms with Crippen LogP contribution < -0.4 is 15.4 Å². The summed E-state index contributed by atoms with van der Waals surface area (Å²) in [5, 5.41) is 4.03. The number of benzene rings is 4. The fourth-order valence-electron chi connectivity index (χ4n) is 3.32. The number of ether oxygens (including phenoxy) is 1. The fourth-order valence-corrected chi connectivity index (χ4v) is 3.32. The van der Waals surface area contributed by atoms with E-state index in [4.69, 9.17) is 10.5 Å². The molecule has 0 atom stereocenters. The van der Waals surface area contributed by atoms with E-state index in [1.165, 1.54) is 4.90 Å². The predicted octanol–water partition coefficient (Wildman–Crippen LogP) is 5.22. The Labute approximate surface area is 151 Å². The Morgan fingerprint density at radius 3 is 2.12 bits per heavy atom. The highest BCUT2D eigenvalue weighted by molar-refractivity contribution is 6.09. The molecule has 0 aliphatic rings. The highest BCUT2D eigenvalue weighted by Crippen LogP contribution is 2.39. The van der Waals surface area contributed by atoms with Gasteiger partial charge in [-0.1, -0.05) is 60.7 Å². The third-order valence-electron chi connectivity index (χ3n) is 4.52. The van der Waals surface area contributed by atoms with Gasteiger partial charge in [0.2, 0.25) is 0 Å². The number of carbonyl (C=O) groups excluding carboxylic acids is 1. The van der Waals surface area contributed by atoms with Gasteiger partial charge in [0.1, 0.15) is 5.75 Å². The van der Waals surface area contributed by atoms with Crippen molar-refractivity contribution in [2.24, 2.45) is 5.73 Å². The van der Waals surface area contributed by atoms with Crippen molar-refractivity contribution >= 4 is 39.0 Å². The van der Waals surface area contributed by atoms with Crippen molar-refractivity contribution in [3.8, 4) is 5.75 Å². The summed E-state index contributed by atoms with van der Waals surface area (Å²) in [6, 6.07) is 25.0. The number of hydrogen-bond acceptors (Lipinski definition) is 2. The first kappa shape index (κ1) is 16.0. The maximum atomic E-state index is 12.4. The van der Waals surface area contributed by atoms with Crippen LogP contribution in [0.15, 0.2) is 78.9 Å². The van der Waals surface area contributed by atoms with Gasteiger partial charge in [-0.3, -0.25) is 4.90 Å². The summed E-state index contributed by atoms with van der Waals surface area (Å²) in [6.45, 7) is 0. The van der Waals surface area contributed by atoms with Crippen LogP contribution in [0.25, 0.3) is 21.5 Å². The van der Waals surface area contributed by atoms with Gasteiger partial charge in [0.05, 0.1) is 18.5 Å². The van der Waals surface area contributed by atoms with Crippen LogP contribution in [-0.4, -0.2) is 13.1 Å². The van der Waals surface area contributed by atoms with Crippen LogP contribution in [0.4, 0.5) is 16.2 Å². The summed E-state index contributed by atoms with van der Waals surface area (Å²) in [6.07, 6.45) is 0. The molecule has 0 spiro atoms. The molecule has 0 saturated heterocycles. The number of primary amides is 1. The molecular weight excluding hydrogens is 324 g/mol. The summed E-state index contributed by atoms with van der Waals surface area (Å²) in [5.74, 6) is 0.593. The van der Waals surface area contributed by atoms with Crippen molar-refractivity contribution in [2.45, 2.75) is 0 Å². The van der Waals surface area contributed by atoms with E-state index in [0.717, 1.165) is 27.2 Å². The average molecular weight is 342 g/mol. The Morgan fingerprint density at radius 2 is 1.42 bits per heavy atom. The van der Waals surface area contributed by atoms with Gasteiger partial charge in [-0.05, 0) is 34.4 Å². The summed E-state index contributed by atoms with van der Waals surface area (Å²) >= 11 is 0. The Balaban J connectivity index is 2.01. The van der Waals surface area contributed by atoms with Gasteiger partial charge in [-0.15, -0.1) is 0 Å². The zero-order valence-electron chi connectivity index (χ0n) is 14.3. The first-order chi connectivity index (χ1) is 12.7. The quantitative estimate of drug-likeness (QED) is 0.555. The van der Waals surface area contributed by atoms with E-state index < -0.39 is 6.03 Å². The summed E-state index contributed by atoms with van der Waals surface area (Å²) in [7, 11) is 1.59. The topological polar surface area (TPSA) is 55.6 Å². The second-order valence-corrected chi connectivity index (χ2v) is 6.04. The van der Waals surface area contributed by atoms with Crippen molar-refractivity contribution in [2.75, 3.05) is 12.0 Å². The van der Waals surface area contributed by atoms with Crippen molar-refractivity contribution in [3.05, 3.63) is 78.9 Å². The molecule has 2 N–H and O–H groups in total. The third kappa shape index (κ3) is 2.62. The molecule has 26 heavy (non-hydrogen) atoms. The number of carbonyl (C=O) groups is 1. The minimum absolute atomic E-state index is 0.560. The number of nitrogens with two attached hydrogens (primary N) is 1. The number of hydrogen-bond donors (Lipinski definition) is 1. The Morgan fingerprint density at radius 1 is 0.808 bits per heavy atom.